The summed E-state index contributed by atoms with van der Waals surface area (Å²) in [5, 5.41) is 2.46. The van der Waals surface area contributed by atoms with E-state index in [1.807, 2.05) is 0 Å². The van der Waals surface area contributed by atoms with Crippen molar-refractivity contribution in [2.45, 2.75) is 70.5 Å². The van der Waals surface area contributed by atoms with Crippen molar-refractivity contribution >= 4 is 5.97 Å². The van der Waals surface area contributed by atoms with E-state index >= 15 is 0 Å². The van der Waals surface area contributed by atoms with Gasteiger partial charge in [-0.05, 0) is 32.1 Å². The van der Waals surface area contributed by atoms with Gasteiger partial charge in [0.15, 0.2) is 0 Å². The summed E-state index contributed by atoms with van der Waals surface area (Å²) in [4.78, 5) is 12.2. The molecule has 0 heterocycles. The molecule has 124 valence electrons. The van der Waals surface area contributed by atoms with Crippen LogP contribution in [0.25, 0.3) is 0 Å². The molecular weight excluding hydrogens is 283 g/mol. The Morgan fingerprint density at radius 2 is 2.00 bits per heavy atom. The van der Waals surface area contributed by atoms with Gasteiger partial charge >= 0.3 is 12.1 Å². The molecule has 1 rings (SSSR count). The van der Waals surface area contributed by atoms with Crippen LogP contribution in [0.2, 0.25) is 0 Å². The number of alkyl halides is 3. The fraction of sp³-hybridized carbons (Fsp3) is 0.933. The molecule has 0 aromatic carbocycles. The Balaban J connectivity index is 2.79. The minimum atomic E-state index is -4.32. The van der Waals surface area contributed by atoms with Gasteiger partial charge in [-0.3, -0.25) is 10.1 Å². The van der Waals surface area contributed by atoms with Crippen LogP contribution in [0.15, 0.2) is 0 Å². The fourth-order valence-electron chi connectivity index (χ4n) is 3.10. The Morgan fingerprint density at radius 3 is 2.57 bits per heavy atom. The Labute approximate surface area is 124 Å². The average Bonchev–Trinajstić information content (AvgIpc) is 2.60. The van der Waals surface area contributed by atoms with Crippen LogP contribution in [0.5, 0.6) is 0 Å². The van der Waals surface area contributed by atoms with Gasteiger partial charge in [-0.15, -0.1) is 0 Å². The normalized spacial score (nSPS) is 27.2. The predicted molar refractivity (Wildman–Crippen MR) is 74.9 cm³/mol. The van der Waals surface area contributed by atoms with Gasteiger partial charge in [0.2, 0.25) is 0 Å². The number of carbonyl (C=O) groups excluding carboxylic acids is 1. The number of halogens is 3. The molecule has 0 bridgehead atoms. The lowest BCUT2D eigenvalue weighted by molar-refractivity contribution is -0.156. The van der Waals surface area contributed by atoms with Crippen LogP contribution in [0.4, 0.5) is 13.2 Å². The maximum atomic E-state index is 12.5. The highest BCUT2D eigenvalue weighted by molar-refractivity contribution is 5.81. The highest BCUT2D eigenvalue weighted by Crippen LogP contribution is 2.34. The van der Waals surface area contributed by atoms with E-state index in [-0.39, 0.29) is 6.61 Å². The molecule has 1 aliphatic carbocycles. The van der Waals surface area contributed by atoms with E-state index in [9.17, 15) is 18.0 Å². The molecule has 0 amide bonds. The Hall–Kier alpha value is -0.780. The van der Waals surface area contributed by atoms with Crippen molar-refractivity contribution in [1.82, 2.24) is 5.32 Å². The van der Waals surface area contributed by atoms with E-state index in [2.05, 4.69) is 12.2 Å². The van der Waals surface area contributed by atoms with Gasteiger partial charge in [0.05, 0.1) is 13.2 Å². The zero-order valence-corrected chi connectivity index (χ0v) is 12.9. The summed E-state index contributed by atoms with van der Waals surface area (Å²) in [6.45, 7) is 2.81. The lowest BCUT2D eigenvalue weighted by Gasteiger charge is -2.32. The minimum Gasteiger partial charge on any atom is -0.465 e. The van der Waals surface area contributed by atoms with E-state index in [0.717, 1.165) is 32.1 Å². The molecule has 21 heavy (non-hydrogen) atoms. The van der Waals surface area contributed by atoms with Gasteiger partial charge in [-0.2, -0.15) is 13.2 Å². The zero-order chi connectivity index (χ0) is 15.9. The Morgan fingerprint density at radius 1 is 1.29 bits per heavy atom. The van der Waals surface area contributed by atoms with Crippen molar-refractivity contribution in [1.29, 1.82) is 0 Å². The number of esters is 1. The van der Waals surface area contributed by atoms with Crippen molar-refractivity contribution in [3.05, 3.63) is 0 Å². The van der Waals surface area contributed by atoms with Crippen LogP contribution < -0.4 is 5.32 Å². The summed E-state index contributed by atoms with van der Waals surface area (Å²) in [7, 11) is 0. The molecule has 0 aromatic heterocycles. The number of carbonyl (C=O) groups is 1. The first-order chi connectivity index (χ1) is 9.83. The number of ether oxygens (including phenoxy) is 1. The lowest BCUT2D eigenvalue weighted by Crippen LogP contribution is -2.55. The number of hydrogen-bond donors (Lipinski definition) is 1. The number of rotatable bonds is 6. The summed E-state index contributed by atoms with van der Waals surface area (Å²) < 4.78 is 42.6. The molecule has 1 saturated carbocycles. The summed E-state index contributed by atoms with van der Waals surface area (Å²) in [6, 6.07) is 0. The van der Waals surface area contributed by atoms with Gasteiger partial charge in [0.25, 0.3) is 0 Å². The fourth-order valence-corrected chi connectivity index (χ4v) is 3.10. The molecule has 2 unspecified atom stereocenters. The molecule has 1 fully saturated rings. The zero-order valence-electron chi connectivity index (χ0n) is 12.9. The molecule has 1 aliphatic rings. The van der Waals surface area contributed by atoms with E-state index < -0.39 is 24.2 Å². The predicted octanol–water partition coefficient (Wildman–Crippen LogP) is 3.82. The topological polar surface area (TPSA) is 38.3 Å². The molecule has 0 radical (unpaired) electrons. The third kappa shape index (κ3) is 5.85. The molecule has 6 heteroatoms. The van der Waals surface area contributed by atoms with Crippen molar-refractivity contribution < 1.29 is 22.7 Å². The number of nitrogens with one attached hydrogen (secondary N) is 1. The molecule has 1 N–H and O–H groups in total. The second-order valence-corrected chi connectivity index (χ2v) is 5.86. The van der Waals surface area contributed by atoms with Crippen molar-refractivity contribution in [2.24, 2.45) is 5.92 Å². The highest BCUT2D eigenvalue weighted by atomic mass is 19.4. The number of hydrogen-bond acceptors (Lipinski definition) is 3. The van der Waals surface area contributed by atoms with Crippen LogP contribution in [0.1, 0.15) is 58.8 Å². The Bertz CT molecular complexity index is 333. The summed E-state index contributed by atoms with van der Waals surface area (Å²) >= 11 is 0. The molecule has 2 atom stereocenters. The van der Waals surface area contributed by atoms with E-state index in [4.69, 9.17) is 4.74 Å². The molecule has 0 spiro atoms. The third-order valence-electron chi connectivity index (χ3n) is 4.19. The van der Waals surface area contributed by atoms with Gasteiger partial charge in [0, 0.05) is 0 Å². The maximum absolute atomic E-state index is 12.5. The van der Waals surface area contributed by atoms with Crippen molar-refractivity contribution in [3.8, 4) is 0 Å². The second kappa shape index (κ2) is 8.01. The summed E-state index contributed by atoms with van der Waals surface area (Å²) in [5.41, 5.74) is -1.17. The summed E-state index contributed by atoms with van der Waals surface area (Å²) in [5.74, 6) is -0.0367. The Kier molecular flexibility index (Phi) is 6.97. The van der Waals surface area contributed by atoms with Crippen LogP contribution >= 0.6 is 0 Å². The van der Waals surface area contributed by atoms with Crippen molar-refractivity contribution in [3.63, 3.8) is 0 Å². The van der Waals surface area contributed by atoms with Gasteiger partial charge in [-0.25, -0.2) is 0 Å². The SMILES string of the molecule is CCCC1CCCC(NCC(F)(F)F)(C(=O)OCC)CC1. The van der Waals surface area contributed by atoms with Gasteiger partial charge < -0.3 is 4.74 Å². The summed E-state index contributed by atoms with van der Waals surface area (Å²) in [6.07, 6.45) is 1.16. The standard InChI is InChI=1S/C15H26F3NO2/c1-3-6-12-7-5-9-14(10-8-12,13(20)21-4-2)19-11-15(16,17)18/h12,19H,3-11H2,1-2H3. The van der Waals surface area contributed by atoms with E-state index in [0.29, 0.717) is 18.8 Å². The quantitative estimate of drug-likeness (QED) is 0.599. The average molecular weight is 309 g/mol. The van der Waals surface area contributed by atoms with Crippen LogP contribution in [-0.2, 0) is 9.53 Å². The molecular formula is C15H26F3NO2. The van der Waals surface area contributed by atoms with E-state index in [1.165, 1.54) is 0 Å². The van der Waals surface area contributed by atoms with Gasteiger partial charge in [0.1, 0.15) is 5.54 Å². The lowest BCUT2D eigenvalue weighted by atomic mass is 9.88. The van der Waals surface area contributed by atoms with Crippen LogP contribution in [-0.4, -0.2) is 30.8 Å². The molecule has 0 aromatic rings. The first kappa shape index (κ1) is 18.3. The monoisotopic (exact) mass is 309 g/mol. The van der Waals surface area contributed by atoms with Crippen LogP contribution in [0.3, 0.4) is 0 Å². The third-order valence-corrected chi connectivity index (χ3v) is 4.19. The van der Waals surface area contributed by atoms with E-state index in [1.54, 1.807) is 6.92 Å². The second-order valence-electron chi connectivity index (χ2n) is 5.86. The van der Waals surface area contributed by atoms with Gasteiger partial charge in [-0.1, -0.05) is 32.6 Å². The smallest absolute Gasteiger partial charge is 0.401 e. The van der Waals surface area contributed by atoms with Crippen LogP contribution in [0, 0.1) is 5.92 Å². The minimum absolute atomic E-state index is 0.187. The first-order valence-electron chi connectivity index (χ1n) is 7.82. The largest absolute Gasteiger partial charge is 0.465 e. The molecule has 0 saturated heterocycles. The highest BCUT2D eigenvalue weighted by Gasteiger charge is 2.43. The molecule has 0 aliphatic heterocycles. The van der Waals surface area contributed by atoms with Crippen molar-refractivity contribution in [2.75, 3.05) is 13.2 Å². The maximum Gasteiger partial charge on any atom is 0.401 e. The molecule has 3 nitrogen and oxygen atoms in total. The first-order valence-corrected chi connectivity index (χ1v) is 7.82.